The van der Waals surface area contributed by atoms with E-state index in [1.54, 1.807) is 19.2 Å². The number of hydrogen-bond acceptors (Lipinski definition) is 1. The van der Waals surface area contributed by atoms with Gasteiger partial charge in [-0.05, 0) is 6.07 Å². The van der Waals surface area contributed by atoms with Gasteiger partial charge in [0.2, 0.25) is 0 Å². The van der Waals surface area contributed by atoms with Crippen molar-refractivity contribution in [3.8, 4) is 5.75 Å². The summed E-state index contributed by atoms with van der Waals surface area (Å²) in [5, 5.41) is 9.96. The van der Waals surface area contributed by atoms with E-state index in [0.29, 0.717) is 10.9 Å². The number of aromatic hydroxyl groups is 1. The highest BCUT2D eigenvalue weighted by Gasteiger charge is 2.29. The number of fused-ring (bicyclic) bond motifs is 1. The number of para-hydroxylation sites is 1. The van der Waals surface area contributed by atoms with Crippen LogP contribution in [-0.4, -0.2) is 9.67 Å². The second-order valence-corrected chi connectivity index (χ2v) is 3.72. The van der Waals surface area contributed by atoms with E-state index in [1.807, 2.05) is 0 Å². The third-order valence-corrected chi connectivity index (χ3v) is 2.45. The predicted molar refractivity (Wildman–Crippen MR) is 54.2 cm³/mol. The van der Waals surface area contributed by atoms with Gasteiger partial charge in [-0.3, -0.25) is 0 Å². The Morgan fingerprint density at radius 3 is 2.60 bits per heavy atom. The van der Waals surface area contributed by atoms with Crippen LogP contribution >= 0.6 is 0 Å². The summed E-state index contributed by atoms with van der Waals surface area (Å²) in [7, 11) is 1.64. The summed E-state index contributed by atoms with van der Waals surface area (Å²) in [6.07, 6.45) is 1.35. The molecule has 80 valence electrons. The molecule has 0 aliphatic carbocycles. The molecule has 0 atom stereocenters. The second kappa shape index (κ2) is 2.95. The molecule has 1 aromatic heterocycles. The highest BCUT2D eigenvalue weighted by molar-refractivity contribution is 5.89. The van der Waals surface area contributed by atoms with Gasteiger partial charge in [0.05, 0.1) is 5.52 Å². The number of nitrogens with zero attached hydrogens (tertiary/aromatic N) is 1. The lowest BCUT2D eigenvalue weighted by molar-refractivity contribution is 0.0189. The average molecular weight is 211 g/mol. The van der Waals surface area contributed by atoms with Gasteiger partial charge in [0.25, 0.3) is 5.92 Å². The predicted octanol–water partition coefficient (Wildman–Crippen LogP) is 3.00. The molecule has 1 heterocycles. The van der Waals surface area contributed by atoms with Crippen molar-refractivity contribution in [3.05, 3.63) is 30.0 Å². The van der Waals surface area contributed by atoms with Gasteiger partial charge >= 0.3 is 0 Å². The molecule has 2 nitrogen and oxygen atoms in total. The molecule has 1 N–H and O–H groups in total. The second-order valence-electron chi connectivity index (χ2n) is 3.72. The van der Waals surface area contributed by atoms with E-state index in [0.717, 1.165) is 6.92 Å². The average Bonchev–Trinajstić information content (AvgIpc) is 2.44. The van der Waals surface area contributed by atoms with Gasteiger partial charge in [0, 0.05) is 31.1 Å². The first kappa shape index (κ1) is 9.96. The molecular formula is C11H11F2NO. The van der Waals surface area contributed by atoms with E-state index in [9.17, 15) is 13.9 Å². The first-order valence-corrected chi connectivity index (χ1v) is 4.56. The lowest BCUT2D eigenvalue weighted by Gasteiger charge is -2.07. The molecule has 2 aromatic rings. The summed E-state index contributed by atoms with van der Waals surface area (Å²) in [5.74, 6) is -2.88. The maximum absolute atomic E-state index is 13.2. The van der Waals surface area contributed by atoms with Crippen LogP contribution in [0.3, 0.4) is 0 Å². The summed E-state index contributed by atoms with van der Waals surface area (Å²) >= 11 is 0. The molecule has 15 heavy (non-hydrogen) atoms. The fourth-order valence-corrected chi connectivity index (χ4v) is 1.80. The Labute approximate surface area is 85.8 Å². The molecule has 1 aromatic carbocycles. The molecule has 0 unspecified atom stereocenters. The van der Waals surface area contributed by atoms with Crippen molar-refractivity contribution in [3.63, 3.8) is 0 Å². The number of hydrogen-bond donors (Lipinski definition) is 1. The minimum Gasteiger partial charge on any atom is -0.506 e. The van der Waals surface area contributed by atoms with E-state index >= 15 is 0 Å². The van der Waals surface area contributed by atoms with E-state index in [1.165, 1.54) is 16.8 Å². The maximum Gasteiger partial charge on any atom is 0.272 e. The Kier molecular flexibility index (Phi) is 1.96. The van der Waals surface area contributed by atoms with Gasteiger partial charge in [-0.1, -0.05) is 12.1 Å². The lowest BCUT2D eigenvalue weighted by atomic mass is 10.1. The van der Waals surface area contributed by atoms with Crippen LogP contribution in [0.15, 0.2) is 24.4 Å². The minimum absolute atomic E-state index is 0.0190. The van der Waals surface area contributed by atoms with Crippen molar-refractivity contribution in [2.75, 3.05) is 0 Å². The van der Waals surface area contributed by atoms with Crippen LogP contribution in [-0.2, 0) is 13.0 Å². The molecule has 0 radical (unpaired) electrons. The molecule has 0 bridgehead atoms. The molecule has 0 fully saturated rings. The largest absolute Gasteiger partial charge is 0.506 e. The van der Waals surface area contributed by atoms with Crippen LogP contribution in [0.1, 0.15) is 12.5 Å². The monoisotopic (exact) mass is 211 g/mol. The van der Waals surface area contributed by atoms with Gasteiger partial charge in [0.15, 0.2) is 0 Å². The van der Waals surface area contributed by atoms with Gasteiger partial charge in [-0.2, -0.15) is 0 Å². The Morgan fingerprint density at radius 1 is 1.33 bits per heavy atom. The quantitative estimate of drug-likeness (QED) is 0.770. The van der Waals surface area contributed by atoms with E-state index in [-0.39, 0.29) is 11.3 Å². The Bertz CT molecular complexity index is 511. The lowest BCUT2D eigenvalue weighted by Crippen LogP contribution is -2.05. The van der Waals surface area contributed by atoms with Crippen molar-refractivity contribution in [2.24, 2.45) is 7.05 Å². The first-order chi connectivity index (χ1) is 6.91. The van der Waals surface area contributed by atoms with Crippen molar-refractivity contribution in [2.45, 2.75) is 12.8 Å². The number of phenolic OH excluding ortho intramolecular Hbond substituents is 1. The topological polar surface area (TPSA) is 25.2 Å². The minimum atomic E-state index is -2.90. The number of phenols is 1. The molecule has 0 aliphatic heterocycles. The maximum atomic E-state index is 13.2. The molecule has 0 saturated heterocycles. The molecule has 0 saturated carbocycles. The molecule has 2 rings (SSSR count). The van der Waals surface area contributed by atoms with Crippen LogP contribution in [0.2, 0.25) is 0 Å². The van der Waals surface area contributed by atoms with Crippen molar-refractivity contribution >= 4 is 10.9 Å². The van der Waals surface area contributed by atoms with Gasteiger partial charge in [0.1, 0.15) is 5.75 Å². The van der Waals surface area contributed by atoms with Crippen LogP contribution in [0.25, 0.3) is 10.9 Å². The van der Waals surface area contributed by atoms with E-state index in [4.69, 9.17) is 0 Å². The molecule has 0 amide bonds. The fourth-order valence-electron chi connectivity index (χ4n) is 1.80. The summed E-state index contributed by atoms with van der Waals surface area (Å²) in [6, 6.07) is 4.63. The van der Waals surface area contributed by atoms with E-state index in [2.05, 4.69) is 0 Å². The molecule has 0 spiro atoms. The summed E-state index contributed by atoms with van der Waals surface area (Å²) < 4.78 is 28.0. The molecular weight excluding hydrogens is 200 g/mol. The van der Waals surface area contributed by atoms with Gasteiger partial charge < -0.3 is 9.67 Å². The van der Waals surface area contributed by atoms with Crippen molar-refractivity contribution < 1.29 is 13.9 Å². The number of benzene rings is 1. The first-order valence-electron chi connectivity index (χ1n) is 4.56. The Hall–Kier alpha value is -1.58. The van der Waals surface area contributed by atoms with Gasteiger partial charge in [-0.25, -0.2) is 8.78 Å². The van der Waals surface area contributed by atoms with Crippen LogP contribution in [0.5, 0.6) is 5.75 Å². The summed E-state index contributed by atoms with van der Waals surface area (Å²) in [5.41, 5.74) is 0.380. The smallest absolute Gasteiger partial charge is 0.272 e. The highest BCUT2D eigenvalue weighted by Crippen LogP contribution is 2.36. The molecule has 0 aliphatic rings. The standard InChI is InChI=1S/C11H11F2NO/c1-11(12,13)8-6-14(2)10-7(8)4-3-5-9(10)15/h3-6,15H,1-2H3. The van der Waals surface area contributed by atoms with Crippen LogP contribution in [0, 0.1) is 0 Å². The highest BCUT2D eigenvalue weighted by atomic mass is 19.3. The van der Waals surface area contributed by atoms with Crippen molar-refractivity contribution in [1.29, 1.82) is 0 Å². The zero-order chi connectivity index (χ0) is 11.2. The van der Waals surface area contributed by atoms with E-state index < -0.39 is 5.92 Å². The SMILES string of the molecule is Cn1cc(C(C)(F)F)c2cccc(O)c21. The Morgan fingerprint density at radius 2 is 2.00 bits per heavy atom. The summed E-state index contributed by atoms with van der Waals surface area (Å²) in [6.45, 7) is 0.853. The number of alkyl halides is 2. The third kappa shape index (κ3) is 1.46. The van der Waals surface area contributed by atoms with Crippen LogP contribution < -0.4 is 0 Å². The number of aromatic nitrogens is 1. The fraction of sp³-hybridized carbons (Fsp3) is 0.273. The number of halogens is 2. The van der Waals surface area contributed by atoms with Gasteiger partial charge in [-0.15, -0.1) is 0 Å². The zero-order valence-electron chi connectivity index (χ0n) is 8.46. The van der Waals surface area contributed by atoms with Crippen molar-refractivity contribution in [1.82, 2.24) is 4.57 Å². The van der Waals surface area contributed by atoms with Crippen LogP contribution in [0.4, 0.5) is 8.78 Å². The zero-order valence-corrected chi connectivity index (χ0v) is 8.46. The summed E-state index contributed by atoms with van der Waals surface area (Å²) in [4.78, 5) is 0. The normalized spacial score (nSPS) is 12.3. The number of aryl methyl sites for hydroxylation is 1. The molecule has 4 heteroatoms. The third-order valence-electron chi connectivity index (χ3n) is 2.45. The number of rotatable bonds is 1. The Balaban J connectivity index is 2.85.